The summed E-state index contributed by atoms with van der Waals surface area (Å²) in [5, 5.41) is 5.83. The molecule has 2 N–H and O–H groups in total. The number of hydrogen-bond acceptors (Lipinski definition) is 5. The molecule has 8 heteroatoms. The first-order chi connectivity index (χ1) is 20.3. The summed E-state index contributed by atoms with van der Waals surface area (Å²) in [7, 11) is 1.58. The molecule has 3 rings (SSSR count). The minimum absolute atomic E-state index is 0.228. The number of aryl methyl sites for hydroxylation is 2. The van der Waals surface area contributed by atoms with E-state index in [2.05, 4.69) is 10.6 Å². The standard InChI is InChI=1S/C35H45N3O5/c1-9-25(4)38(33(40)30(22-26-13-11-10-12-14-26)37-34(41)43-35(5,6)7)31(29-21-23(2)15-16-24(29)3)32(39)36-27-17-19-28(42-8)20-18-27/h10-21,25,30-31H,9,22H2,1-8H3,(H,36,39)(H,37,41). The van der Waals surface area contributed by atoms with Crippen LogP contribution in [0.2, 0.25) is 0 Å². The van der Waals surface area contributed by atoms with Crippen molar-refractivity contribution < 1.29 is 23.9 Å². The third-order valence-electron chi connectivity index (χ3n) is 7.21. The topological polar surface area (TPSA) is 97.0 Å². The molecule has 3 atom stereocenters. The molecule has 0 bridgehead atoms. The van der Waals surface area contributed by atoms with E-state index in [0.29, 0.717) is 17.9 Å². The van der Waals surface area contributed by atoms with Gasteiger partial charge in [-0.15, -0.1) is 0 Å². The van der Waals surface area contributed by atoms with Crippen molar-refractivity contribution in [3.63, 3.8) is 0 Å². The fourth-order valence-electron chi connectivity index (χ4n) is 4.83. The number of alkyl carbamates (subject to hydrolysis) is 1. The van der Waals surface area contributed by atoms with E-state index in [4.69, 9.17) is 9.47 Å². The molecule has 0 aliphatic carbocycles. The zero-order valence-electron chi connectivity index (χ0n) is 26.6. The van der Waals surface area contributed by atoms with Crippen LogP contribution in [0.1, 0.15) is 69.3 Å². The van der Waals surface area contributed by atoms with Crippen molar-refractivity contribution in [1.82, 2.24) is 10.2 Å². The lowest BCUT2D eigenvalue weighted by atomic mass is 9.94. The molecule has 0 saturated carbocycles. The van der Waals surface area contributed by atoms with Gasteiger partial charge in [-0.1, -0.05) is 61.0 Å². The van der Waals surface area contributed by atoms with E-state index in [1.165, 1.54) is 0 Å². The predicted molar refractivity (Wildman–Crippen MR) is 170 cm³/mol. The maximum atomic E-state index is 14.7. The lowest BCUT2D eigenvalue weighted by molar-refractivity contribution is -0.143. The molecular weight excluding hydrogens is 542 g/mol. The summed E-state index contributed by atoms with van der Waals surface area (Å²) >= 11 is 0. The number of rotatable bonds is 11. The second kappa shape index (κ2) is 14.7. The van der Waals surface area contributed by atoms with E-state index in [1.54, 1.807) is 57.0 Å². The van der Waals surface area contributed by atoms with Crippen LogP contribution in [0.4, 0.5) is 10.5 Å². The van der Waals surface area contributed by atoms with E-state index in [1.807, 2.05) is 76.2 Å². The highest BCUT2D eigenvalue weighted by Gasteiger charge is 2.39. The van der Waals surface area contributed by atoms with Gasteiger partial charge in [-0.3, -0.25) is 9.59 Å². The monoisotopic (exact) mass is 587 g/mol. The maximum Gasteiger partial charge on any atom is 0.408 e. The van der Waals surface area contributed by atoms with Gasteiger partial charge in [-0.25, -0.2) is 4.79 Å². The van der Waals surface area contributed by atoms with Crippen LogP contribution in [-0.4, -0.2) is 47.6 Å². The van der Waals surface area contributed by atoms with E-state index in [-0.39, 0.29) is 24.3 Å². The highest BCUT2D eigenvalue weighted by Crippen LogP contribution is 2.31. The fraction of sp³-hybridized carbons (Fsp3) is 0.400. The van der Waals surface area contributed by atoms with Crippen LogP contribution in [0.5, 0.6) is 5.75 Å². The SMILES string of the molecule is CCC(C)N(C(=O)C(Cc1ccccc1)NC(=O)OC(C)(C)C)C(C(=O)Nc1ccc(OC)cc1)c1cc(C)ccc1C. The number of nitrogens with zero attached hydrogens (tertiary/aromatic N) is 1. The number of nitrogens with one attached hydrogen (secondary N) is 2. The first kappa shape index (κ1) is 33.2. The van der Waals surface area contributed by atoms with Crippen molar-refractivity contribution in [3.8, 4) is 5.75 Å². The molecule has 0 spiro atoms. The number of carbonyl (C=O) groups excluding carboxylic acids is 3. The van der Waals surface area contributed by atoms with Gasteiger partial charge in [0, 0.05) is 18.2 Å². The molecule has 0 saturated heterocycles. The quantitative estimate of drug-likeness (QED) is 0.259. The number of amides is 3. The van der Waals surface area contributed by atoms with Crippen molar-refractivity contribution in [3.05, 3.63) is 95.1 Å². The van der Waals surface area contributed by atoms with Gasteiger partial charge < -0.3 is 25.0 Å². The van der Waals surface area contributed by atoms with Crippen molar-refractivity contribution in [2.45, 2.75) is 85.0 Å². The number of ether oxygens (including phenoxy) is 2. The van der Waals surface area contributed by atoms with E-state index >= 15 is 0 Å². The van der Waals surface area contributed by atoms with Gasteiger partial charge >= 0.3 is 6.09 Å². The Kier molecular flexibility index (Phi) is 11.4. The number of benzene rings is 3. The second-order valence-electron chi connectivity index (χ2n) is 11.9. The Hall–Kier alpha value is -4.33. The Bertz CT molecular complexity index is 1380. The zero-order valence-corrected chi connectivity index (χ0v) is 26.6. The third kappa shape index (κ3) is 9.33. The maximum absolute atomic E-state index is 14.7. The summed E-state index contributed by atoms with van der Waals surface area (Å²) < 4.78 is 10.8. The van der Waals surface area contributed by atoms with Crippen LogP contribution < -0.4 is 15.4 Å². The molecule has 3 aromatic carbocycles. The van der Waals surface area contributed by atoms with E-state index in [0.717, 1.165) is 22.3 Å². The molecule has 0 aromatic heterocycles. The molecule has 3 aromatic rings. The smallest absolute Gasteiger partial charge is 0.408 e. The average Bonchev–Trinajstić information content (AvgIpc) is 2.96. The fourth-order valence-corrected chi connectivity index (χ4v) is 4.83. The van der Waals surface area contributed by atoms with Crippen molar-refractivity contribution in [1.29, 1.82) is 0 Å². The van der Waals surface area contributed by atoms with Gasteiger partial charge in [0.15, 0.2) is 0 Å². The minimum atomic E-state index is -0.979. The van der Waals surface area contributed by atoms with Crippen molar-refractivity contribution in [2.75, 3.05) is 12.4 Å². The van der Waals surface area contributed by atoms with Crippen LogP contribution in [0.3, 0.4) is 0 Å². The molecule has 3 amide bonds. The molecule has 43 heavy (non-hydrogen) atoms. The molecule has 0 aliphatic heterocycles. The summed E-state index contributed by atoms with van der Waals surface area (Å²) in [6.07, 6.45) is 0.121. The highest BCUT2D eigenvalue weighted by molar-refractivity contribution is 5.99. The Morgan fingerprint density at radius 3 is 2.16 bits per heavy atom. The van der Waals surface area contributed by atoms with Crippen LogP contribution in [0.25, 0.3) is 0 Å². The summed E-state index contributed by atoms with van der Waals surface area (Å²) in [6.45, 7) is 13.1. The molecule has 230 valence electrons. The molecule has 0 radical (unpaired) electrons. The van der Waals surface area contributed by atoms with Crippen LogP contribution in [-0.2, 0) is 20.7 Å². The van der Waals surface area contributed by atoms with E-state index < -0.39 is 23.8 Å². The van der Waals surface area contributed by atoms with Gasteiger partial charge in [0.1, 0.15) is 23.4 Å². The Labute approximate surface area is 255 Å². The first-order valence-electron chi connectivity index (χ1n) is 14.7. The molecular formula is C35H45N3O5. The van der Waals surface area contributed by atoms with Gasteiger partial charge in [0.05, 0.1) is 7.11 Å². The Morgan fingerprint density at radius 2 is 1.58 bits per heavy atom. The predicted octanol–water partition coefficient (Wildman–Crippen LogP) is 6.75. The summed E-state index contributed by atoms with van der Waals surface area (Å²) in [5.41, 5.74) is 3.25. The average molecular weight is 588 g/mol. The van der Waals surface area contributed by atoms with E-state index in [9.17, 15) is 14.4 Å². The zero-order chi connectivity index (χ0) is 31.7. The first-order valence-corrected chi connectivity index (χ1v) is 14.7. The lowest BCUT2D eigenvalue weighted by Crippen LogP contribution is -2.55. The molecule has 0 heterocycles. The van der Waals surface area contributed by atoms with Gasteiger partial charge in [-0.2, -0.15) is 0 Å². The summed E-state index contributed by atoms with van der Waals surface area (Å²) in [6, 6.07) is 20.1. The third-order valence-corrected chi connectivity index (χ3v) is 7.21. The normalized spacial score (nSPS) is 13.3. The van der Waals surface area contributed by atoms with Crippen LogP contribution in [0.15, 0.2) is 72.8 Å². The number of hydrogen-bond donors (Lipinski definition) is 2. The van der Waals surface area contributed by atoms with Gasteiger partial charge in [0.2, 0.25) is 5.91 Å². The number of carbonyl (C=O) groups is 3. The number of anilines is 1. The molecule has 3 unspecified atom stereocenters. The highest BCUT2D eigenvalue weighted by atomic mass is 16.6. The molecule has 8 nitrogen and oxygen atoms in total. The Balaban J connectivity index is 2.11. The number of methoxy groups -OCH3 is 1. The van der Waals surface area contributed by atoms with Gasteiger partial charge in [0.25, 0.3) is 5.91 Å². The Morgan fingerprint density at radius 1 is 0.930 bits per heavy atom. The van der Waals surface area contributed by atoms with Crippen molar-refractivity contribution in [2.24, 2.45) is 0 Å². The summed E-state index contributed by atoms with van der Waals surface area (Å²) in [4.78, 5) is 43.5. The molecule has 0 aliphatic rings. The molecule has 0 fully saturated rings. The minimum Gasteiger partial charge on any atom is -0.497 e. The van der Waals surface area contributed by atoms with Gasteiger partial charge in [-0.05, 0) is 88.9 Å². The largest absolute Gasteiger partial charge is 0.497 e. The van der Waals surface area contributed by atoms with Crippen molar-refractivity contribution >= 4 is 23.6 Å². The lowest BCUT2D eigenvalue weighted by Gasteiger charge is -2.39. The van der Waals surface area contributed by atoms with Crippen LogP contribution >= 0.6 is 0 Å². The van der Waals surface area contributed by atoms with Crippen LogP contribution in [0, 0.1) is 13.8 Å². The second-order valence-corrected chi connectivity index (χ2v) is 11.9. The summed E-state index contributed by atoms with van der Waals surface area (Å²) in [5.74, 6) is -0.0689.